The minimum atomic E-state index is -3.30. The van der Waals surface area contributed by atoms with E-state index < -0.39 is 9.84 Å². The third kappa shape index (κ3) is 5.56. The molecule has 1 aromatic carbocycles. The Kier molecular flexibility index (Phi) is 6.43. The Morgan fingerprint density at radius 2 is 1.90 bits per heavy atom. The number of nitrogens with zero attached hydrogens (tertiary/aromatic N) is 3. The van der Waals surface area contributed by atoms with Gasteiger partial charge in [0.25, 0.3) is 0 Å². The van der Waals surface area contributed by atoms with Crippen LogP contribution in [0.25, 0.3) is 11.1 Å². The SMILES string of the molecule is CS(=O)(=O)c1cccc(-c2cnc(Nc3cnccn3)cc2NCC2CCNCC2)c1. The van der Waals surface area contributed by atoms with Crippen molar-refractivity contribution in [1.82, 2.24) is 20.3 Å². The van der Waals surface area contributed by atoms with E-state index in [1.54, 1.807) is 43.0 Å². The number of benzene rings is 1. The van der Waals surface area contributed by atoms with E-state index in [-0.39, 0.29) is 4.90 Å². The number of hydrogen-bond donors (Lipinski definition) is 3. The van der Waals surface area contributed by atoms with Gasteiger partial charge in [0.2, 0.25) is 0 Å². The predicted octanol–water partition coefficient (Wildman–Crippen LogP) is 3.10. The Balaban J connectivity index is 1.66. The lowest BCUT2D eigenvalue weighted by Crippen LogP contribution is -2.31. The molecule has 0 spiro atoms. The smallest absolute Gasteiger partial charge is 0.175 e. The van der Waals surface area contributed by atoms with Gasteiger partial charge in [-0.05, 0) is 49.5 Å². The molecule has 1 aliphatic heterocycles. The number of sulfone groups is 1. The molecule has 0 radical (unpaired) electrons. The zero-order valence-corrected chi connectivity index (χ0v) is 18.2. The Bertz CT molecular complexity index is 1130. The van der Waals surface area contributed by atoms with E-state index in [0.717, 1.165) is 49.3 Å². The summed E-state index contributed by atoms with van der Waals surface area (Å²) in [5.74, 6) is 1.82. The standard InChI is InChI=1S/C22H26N6O2S/c1-31(29,30)18-4-2-3-17(11-18)19-14-27-21(28-22-15-24-9-10-25-22)12-20(19)26-13-16-5-7-23-8-6-16/h2-4,9-12,14-16,23H,5-8,13H2,1H3,(H2,25,26,27,28). The van der Waals surface area contributed by atoms with Gasteiger partial charge >= 0.3 is 0 Å². The number of hydrogen-bond acceptors (Lipinski definition) is 8. The molecule has 0 bridgehead atoms. The third-order valence-corrected chi connectivity index (χ3v) is 6.45. The highest BCUT2D eigenvalue weighted by molar-refractivity contribution is 7.90. The zero-order valence-electron chi connectivity index (χ0n) is 17.4. The van der Waals surface area contributed by atoms with Gasteiger partial charge < -0.3 is 16.0 Å². The van der Waals surface area contributed by atoms with Crippen LogP contribution in [-0.2, 0) is 9.84 Å². The first-order chi connectivity index (χ1) is 15.0. The molecule has 9 heteroatoms. The summed E-state index contributed by atoms with van der Waals surface area (Å²) in [7, 11) is -3.30. The summed E-state index contributed by atoms with van der Waals surface area (Å²) in [5, 5.41) is 10.1. The molecule has 3 aromatic rings. The summed E-state index contributed by atoms with van der Waals surface area (Å²) < 4.78 is 24.1. The first-order valence-electron chi connectivity index (χ1n) is 10.3. The molecule has 0 amide bonds. The van der Waals surface area contributed by atoms with Crippen molar-refractivity contribution in [3.8, 4) is 11.1 Å². The minimum absolute atomic E-state index is 0.288. The number of piperidine rings is 1. The van der Waals surface area contributed by atoms with Crippen molar-refractivity contribution < 1.29 is 8.42 Å². The molecule has 3 N–H and O–H groups in total. The van der Waals surface area contributed by atoms with Gasteiger partial charge in [0.05, 0.1) is 11.1 Å². The van der Waals surface area contributed by atoms with E-state index in [1.165, 1.54) is 6.26 Å². The van der Waals surface area contributed by atoms with Crippen LogP contribution >= 0.6 is 0 Å². The summed E-state index contributed by atoms with van der Waals surface area (Å²) >= 11 is 0. The first-order valence-corrected chi connectivity index (χ1v) is 12.2. The lowest BCUT2D eigenvalue weighted by Gasteiger charge is -2.24. The average Bonchev–Trinajstić information content (AvgIpc) is 2.79. The molecule has 3 heterocycles. The monoisotopic (exact) mass is 438 g/mol. The summed E-state index contributed by atoms with van der Waals surface area (Å²) in [6.45, 7) is 2.91. The molecule has 0 saturated carbocycles. The third-order valence-electron chi connectivity index (χ3n) is 5.34. The highest BCUT2D eigenvalue weighted by Crippen LogP contribution is 2.32. The normalized spacial score (nSPS) is 14.9. The van der Waals surface area contributed by atoms with Gasteiger partial charge in [-0.3, -0.25) is 4.98 Å². The van der Waals surface area contributed by atoms with Gasteiger partial charge in [0.15, 0.2) is 9.84 Å². The molecule has 162 valence electrons. The number of rotatable bonds is 7. The second kappa shape index (κ2) is 9.40. The van der Waals surface area contributed by atoms with Crippen LogP contribution in [0, 0.1) is 5.92 Å². The maximum atomic E-state index is 12.0. The van der Waals surface area contributed by atoms with Gasteiger partial charge in [-0.2, -0.15) is 0 Å². The van der Waals surface area contributed by atoms with Crippen LogP contribution in [-0.4, -0.2) is 49.3 Å². The Labute approximate surface area is 182 Å². The van der Waals surface area contributed by atoms with E-state index in [2.05, 4.69) is 30.9 Å². The minimum Gasteiger partial charge on any atom is -0.384 e. The van der Waals surface area contributed by atoms with E-state index in [1.807, 2.05) is 12.1 Å². The van der Waals surface area contributed by atoms with Crippen LogP contribution in [0.4, 0.5) is 17.3 Å². The first kappa shape index (κ1) is 21.2. The highest BCUT2D eigenvalue weighted by atomic mass is 32.2. The molecular weight excluding hydrogens is 412 g/mol. The maximum absolute atomic E-state index is 12.0. The number of nitrogens with one attached hydrogen (secondary N) is 3. The van der Waals surface area contributed by atoms with E-state index in [4.69, 9.17) is 0 Å². The van der Waals surface area contributed by atoms with Crippen LogP contribution in [0.5, 0.6) is 0 Å². The number of pyridine rings is 1. The maximum Gasteiger partial charge on any atom is 0.175 e. The Morgan fingerprint density at radius 3 is 2.65 bits per heavy atom. The summed E-state index contributed by atoms with van der Waals surface area (Å²) in [5.41, 5.74) is 2.55. The van der Waals surface area contributed by atoms with Crippen LogP contribution < -0.4 is 16.0 Å². The lowest BCUT2D eigenvalue weighted by atomic mass is 9.97. The van der Waals surface area contributed by atoms with E-state index in [0.29, 0.717) is 17.6 Å². The fourth-order valence-electron chi connectivity index (χ4n) is 3.63. The van der Waals surface area contributed by atoms with Crippen molar-refractivity contribution >= 4 is 27.2 Å². The van der Waals surface area contributed by atoms with Crippen molar-refractivity contribution in [3.05, 3.63) is 55.1 Å². The van der Waals surface area contributed by atoms with Gasteiger partial charge in [-0.1, -0.05) is 12.1 Å². The largest absolute Gasteiger partial charge is 0.384 e. The number of aromatic nitrogens is 3. The molecule has 2 aromatic heterocycles. The summed E-state index contributed by atoms with van der Waals surface area (Å²) in [6.07, 6.45) is 10.1. The molecule has 0 atom stereocenters. The van der Waals surface area contributed by atoms with Crippen molar-refractivity contribution in [2.45, 2.75) is 17.7 Å². The number of anilines is 3. The molecule has 31 heavy (non-hydrogen) atoms. The molecule has 1 fully saturated rings. The fourth-order valence-corrected chi connectivity index (χ4v) is 4.30. The molecule has 8 nitrogen and oxygen atoms in total. The van der Waals surface area contributed by atoms with Crippen LogP contribution in [0.3, 0.4) is 0 Å². The zero-order chi connectivity index (χ0) is 21.7. The molecule has 0 unspecified atom stereocenters. The summed E-state index contributed by atoms with van der Waals surface area (Å²) in [4.78, 5) is 13.1. The molecule has 1 aliphatic rings. The second-order valence-electron chi connectivity index (χ2n) is 7.71. The van der Waals surface area contributed by atoms with Crippen molar-refractivity contribution in [1.29, 1.82) is 0 Å². The van der Waals surface area contributed by atoms with Crippen LogP contribution in [0.2, 0.25) is 0 Å². The highest BCUT2D eigenvalue weighted by Gasteiger charge is 2.16. The van der Waals surface area contributed by atoms with Crippen LogP contribution in [0.1, 0.15) is 12.8 Å². The van der Waals surface area contributed by atoms with Crippen molar-refractivity contribution in [2.75, 3.05) is 36.5 Å². The molecule has 0 aliphatic carbocycles. The quantitative estimate of drug-likeness (QED) is 0.516. The van der Waals surface area contributed by atoms with Gasteiger partial charge in [-0.15, -0.1) is 0 Å². The Hall–Kier alpha value is -3.04. The van der Waals surface area contributed by atoms with Crippen LogP contribution in [0.15, 0.2) is 60.0 Å². The average molecular weight is 439 g/mol. The second-order valence-corrected chi connectivity index (χ2v) is 9.72. The topological polar surface area (TPSA) is 109 Å². The predicted molar refractivity (Wildman–Crippen MR) is 122 cm³/mol. The molecular formula is C22H26N6O2S. The van der Waals surface area contributed by atoms with Gasteiger partial charge in [-0.25, -0.2) is 18.4 Å². The fraction of sp³-hybridized carbons (Fsp3) is 0.318. The van der Waals surface area contributed by atoms with Crippen molar-refractivity contribution in [2.24, 2.45) is 5.92 Å². The van der Waals surface area contributed by atoms with E-state index >= 15 is 0 Å². The molecule has 1 saturated heterocycles. The summed E-state index contributed by atoms with van der Waals surface area (Å²) in [6, 6.07) is 8.89. The van der Waals surface area contributed by atoms with Gasteiger partial charge in [0, 0.05) is 48.7 Å². The van der Waals surface area contributed by atoms with E-state index in [9.17, 15) is 8.42 Å². The molecule has 4 rings (SSSR count). The Morgan fingerprint density at radius 1 is 1.06 bits per heavy atom. The van der Waals surface area contributed by atoms with Gasteiger partial charge in [0.1, 0.15) is 11.6 Å². The lowest BCUT2D eigenvalue weighted by molar-refractivity contribution is 0.390. The van der Waals surface area contributed by atoms with Crippen molar-refractivity contribution in [3.63, 3.8) is 0 Å².